The normalized spacial score (nSPS) is 13.1. The molecule has 0 aliphatic heterocycles. The highest BCUT2D eigenvalue weighted by Gasteiger charge is 2.16. The zero-order valence-electron chi connectivity index (χ0n) is 16.0. The maximum absolute atomic E-state index is 12.6. The van der Waals surface area contributed by atoms with Crippen molar-refractivity contribution in [1.82, 2.24) is 4.83 Å². The summed E-state index contributed by atoms with van der Waals surface area (Å²) in [6.07, 6.45) is 0.616. The maximum Gasteiger partial charge on any atom is 0.276 e. The van der Waals surface area contributed by atoms with Crippen molar-refractivity contribution in [2.24, 2.45) is 5.10 Å². The number of aryl methyl sites for hydroxylation is 1. The molecule has 0 aliphatic rings. The third-order valence-corrected chi connectivity index (χ3v) is 5.83. The fourth-order valence-corrected chi connectivity index (χ4v) is 3.76. The molecule has 0 saturated heterocycles. The van der Waals surface area contributed by atoms with Crippen molar-refractivity contribution in [3.05, 3.63) is 102 Å². The Balaban J connectivity index is 1.87. The smallest absolute Gasteiger partial charge is 0.200 e. The lowest BCUT2D eigenvalue weighted by atomic mass is 9.93. The van der Waals surface area contributed by atoms with E-state index in [0.29, 0.717) is 12.1 Å². The van der Waals surface area contributed by atoms with Crippen molar-refractivity contribution in [1.29, 1.82) is 0 Å². The van der Waals surface area contributed by atoms with E-state index in [0.717, 1.165) is 11.1 Å². The number of hydrazone groups is 1. The lowest BCUT2D eigenvalue weighted by Gasteiger charge is -2.15. The Morgan fingerprint density at radius 2 is 1.46 bits per heavy atom. The molecule has 0 aliphatic carbocycles. The summed E-state index contributed by atoms with van der Waals surface area (Å²) >= 11 is 0. The van der Waals surface area contributed by atoms with Crippen LogP contribution in [0.15, 0.2) is 94.9 Å². The molecule has 3 aromatic carbocycles. The van der Waals surface area contributed by atoms with Gasteiger partial charge in [0.1, 0.15) is 0 Å². The van der Waals surface area contributed by atoms with Crippen LogP contribution in [0.4, 0.5) is 0 Å². The van der Waals surface area contributed by atoms with Gasteiger partial charge in [-0.3, -0.25) is 0 Å². The molecular formula is C23H24N2O2S. The van der Waals surface area contributed by atoms with Crippen molar-refractivity contribution >= 4 is 15.7 Å². The summed E-state index contributed by atoms with van der Waals surface area (Å²) in [5.74, 6) is 0.198. The molecule has 3 aromatic rings. The summed E-state index contributed by atoms with van der Waals surface area (Å²) in [4.78, 5) is 2.61. The molecule has 1 N–H and O–H groups in total. The molecule has 0 aromatic heterocycles. The van der Waals surface area contributed by atoms with Gasteiger partial charge in [0, 0.05) is 0 Å². The van der Waals surface area contributed by atoms with E-state index in [9.17, 15) is 8.42 Å². The standard InChI is InChI=1S/C23H24N2O2S/c1-18-13-15-22(16-14-18)28(26,27)25-24-23(21-11-7-4-8-12-21)17-19(2)20-9-5-3-6-10-20/h3-16,19,25H,17H2,1-2H3/b24-23-. The second-order valence-electron chi connectivity index (χ2n) is 6.85. The molecule has 1 atom stereocenters. The fourth-order valence-electron chi connectivity index (χ4n) is 2.93. The Morgan fingerprint density at radius 1 is 0.893 bits per heavy atom. The van der Waals surface area contributed by atoms with Crippen LogP contribution >= 0.6 is 0 Å². The van der Waals surface area contributed by atoms with E-state index in [1.165, 1.54) is 5.56 Å². The molecule has 0 heterocycles. The fraction of sp³-hybridized carbons (Fsp3) is 0.174. The molecule has 0 spiro atoms. The molecule has 28 heavy (non-hydrogen) atoms. The Bertz CT molecular complexity index is 1030. The number of benzene rings is 3. The molecule has 144 valence electrons. The van der Waals surface area contributed by atoms with E-state index in [2.05, 4.69) is 29.0 Å². The minimum Gasteiger partial charge on any atom is -0.200 e. The number of rotatable bonds is 7. The second-order valence-corrected chi connectivity index (χ2v) is 8.51. The molecule has 0 amide bonds. The van der Waals surface area contributed by atoms with E-state index >= 15 is 0 Å². The van der Waals surface area contributed by atoms with Gasteiger partial charge >= 0.3 is 0 Å². The Morgan fingerprint density at radius 3 is 2.07 bits per heavy atom. The van der Waals surface area contributed by atoms with Gasteiger partial charge in [0.25, 0.3) is 10.0 Å². The summed E-state index contributed by atoms with van der Waals surface area (Å²) in [7, 11) is -3.72. The average Bonchev–Trinajstić information content (AvgIpc) is 2.72. The van der Waals surface area contributed by atoms with Gasteiger partial charge in [-0.1, -0.05) is 85.3 Å². The van der Waals surface area contributed by atoms with Crippen LogP contribution in [-0.2, 0) is 10.0 Å². The van der Waals surface area contributed by atoms with Gasteiger partial charge in [-0.2, -0.15) is 18.4 Å². The zero-order chi connectivity index (χ0) is 20.0. The van der Waals surface area contributed by atoms with Gasteiger partial charge in [0.05, 0.1) is 10.6 Å². The Labute approximate surface area is 167 Å². The van der Waals surface area contributed by atoms with Gasteiger partial charge < -0.3 is 0 Å². The first-order valence-corrected chi connectivity index (χ1v) is 10.7. The molecule has 0 radical (unpaired) electrons. The van der Waals surface area contributed by atoms with Crippen LogP contribution in [0.5, 0.6) is 0 Å². The molecule has 0 fully saturated rings. The lowest BCUT2D eigenvalue weighted by Crippen LogP contribution is -2.21. The van der Waals surface area contributed by atoms with Gasteiger partial charge in [-0.05, 0) is 42.5 Å². The Kier molecular flexibility index (Phi) is 6.26. The predicted molar refractivity (Wildman–Crippen MR) is 114 cm³/mol. The first-order chi connectivity index (χ1) is 13.5. The van der Waals surface area contributed by atoms with E-state index in [1.807, 2.05) is 55.5 Å². The molecule has 4 nitrogen and oxygen atoms in total. The second kappa shape index (κ2) is 8.85. The van der Waals surface area contributed by atoms with Crippen LogP contribution in [0.2, 0.25) is 0 Å². The van der Waals surface area contributed by atoms with Gasteiger partial charge in [0.2, 0.25) is 0 Å². The zero-order valence-corrected chi connectivity index (χ0v) is 16.9. The van der Waals surface area contributed by atoms with Gasteiger partial charge in [-0.25, -0.2) is 0 Å². The number of hydrogen-bond acceptors (Lipinski definition) is 3. The minimum absolute atomic E-state index is 0.198. The monoisotopic (exact) mass is 392 g/mol. The largest absolute Gasteiger partial charge is 0.276 e. The third kappa shape index (κ3) is 5.08. The quantitative estimate of drug-likeness (QED) is 0.461. The molecule has 0 bridgehead atoms. The summed E-state index contributed by atoms with van der Waals surface area (Å²) in [5, 5.41) is 4.31. The lowest BCUT2D eigenvalue weighted by molar-refractivity contribution is 0.584. The SMILES string of the molecule is Cc1ccc(S(=O)(=O)N/N=C(/CC(C)c2ccccc2)c2ccccc2)cc1. The number of nitrogens with zero attached hydrogens (tertiary/aromatic N) is 1. The van der Waals surface area contributed by atoms with Crippen molar-refractivity contribution in [2.45, 2.75) is 31.1 Å². The van der Waals surface area contributed by atoms with Crippen LogP contribution in [0.1, 0.15) is 36.0 Å². The molecule has 1 unspecified atom stereocenters. The van der Waals surface area contributed by atoms with Gasteiger partial charge in [-0.15, -0.1) is 0 Å². The predicted octanol–water partition coefficient (Wildman–Crippen LogP) is 4.87. The van der Waals surface area contributed by atoms with Crippen molar-refractivity contribution in [3.63, 3.8) is 0 Å². The number of sulfonamides is 1. The van der Waals surface area contributed by atoms with Crippen LogP contribution < -0.4 is 4.83 Å². The highest BCUT2D eigenvalue weighted by Crippen LogP contribution is 2.21. The van der Waals surface area contributed by atoms with Crippen molar-refractivity contribution in [3.8, 4) is 0 Å². The minimum atomic E-state index is -3.72. The highest BCUT2D eigenvalue weighted by molar-refractivity contribution is 7.89. The third-order valence-electron chi connectivity index (χ3n) is 4.61. The molecular weight excluding hydrogens is 368 g/mol. The average molecular weight is 393 g/mol. The molecule has 0 saturated carbocycles. The van der Waals surface area contributed by atoms with E-state index in [-0.39, 0.29) is 10.8 Å². The van der Waals surface area contributed by atoms with Crippen LogP contribution in [0.25, 0.3) is 0 Å². The topological polar surface area (TPSA) is 58.5 Å². The summed E-state index contributed by atoms with van der Waals surface area (Å²) < 4.78 is 25.2. The number of hydrogen-bond donors (Lipinski definition) is 1. The van der Waals surface area contributed by atoms with E-state index in [4.69, 9.17) is 0 Å². The summed E-state index contributed by atoms with van der Waals surface area (Å²) in [6.45, 7) is 4.03. The highest BCUT2D eigenvalue weighted by atomic mass is 32.2. The first kappa shape index (κ1) is 19.8. The summed E-state index contributed by atoms with van der Waals surface area (Å²) in [5.41, 5.74) is 3.79. The van der Waals surface area contributed by atoms with Crippen LogP contribution in [0.3, 0.4) is 0 Å². The van der Waals surface area contributed by atoms with Crippen LogP contribution in [0, 0.1) is 6.92 Å². The maximum atomic E-state index is 12.6. The molecule has 5 heteroatoms. The van der Waals surface area contributed by atoms with E-state index in [1.54, 1.807) is 24.3 Å². The van der Waals surface area contributed by atoms with Crippen molar-refractivity contribution in [2.75, 3.05) is 0 Å². The number of nitrogens with one attached hydrogen (secondary N) is 1. The molecule has 3 rings (SSSR count). The van der Waals surface area contributed by atoms with Gasteiger partial charge in [0.15, 0.2) is 0 Å². The first-order valence-electron chi connectivity index (χ1n) is 9.21. The van der Waals surface area contributed by atoms with E-state index < -0.39 is 10.0 Å². The van der Waals surface area contributed by atoms with Crippen LogP contribution in [-0.4, -0.2) is 14.1 Å². The Hall–Kier alpha value is -2.92. The summed E-state index contributed by atoms with van der Waals surface area (Å²) in [6, 6.07) is 26.5. The van der Waals surface area contributed by atoms with Crippen molar-refractivity contribution < 1.29 is 8.42 Å².